The quantitative estimate of drug-likeness (QED) is 0.277. The Labute approximate surface area is 187 Å². The lowest BCUT2D eigenvalue weighted by Gasteiger charge is -2.13. The van der Waals surface area contributed by atoms with E-state index in [-0.39, 0.29) is 6.79 Å². The number of benzene rings is 1. The predicted octanol–water partition coefficient (Wildman–Crippen LogP) is 3.40. The van der Waals surface area contributed by atoms with Gasteiger partial charge >= 0.3 is 0 Å². The topological polar surface area (TPSA) is 117 Å². The van der Waals surface area contributed by atoms with Crippen LogP contribution in [0, 0.1) is 13.8 Å². The molecule has 0 bridgehead atoms. The number of nitrogens with one attached hydrogen (secondary N) is 1. The first-order valence-electron chi connectivity index (χ1n) is 10.7. The van der Waals surface area contributed by atoms with Gasteiger partial charge in [0, 0.05) is 25.2 Å². The van der Waals surface area contributed by atoms with Crippen LogP contribution in [0.25, 0.3) is 11.4 Å². The second kappa shape index (κ2) is 12.9. The third kappa shape index (κ3) is 7.40. The van der Waals surface area contributed by atoms with Gasteiger partial charge in [0.25, 0.3) is 0 Å². The molecule has 0 aliphatic heterocycles. The predicted molar refractivity (Wildman–Crippen MR) is 116 cm³/mol. The second-order valence-electron chi connectivity index (χ2n) is 7.49. The molecule has 0 saturated heterocycles. The monoisotopic (exact) mass is 445 g/mol. The molecule has 3 aromatic rings. The number of methoxy groups -OCH3 is 1. The van der Waals surface area contributed by atoms with Gasteiger partial charge in [-0.15, -0.1) is 10.2 Å². The van der Waals surface area contributed by atoms with Crippen molar-refractivity contribution in [3.8, 4) is 17.1 Å². The average Bonchev–Trinajstić information content (AvgIpc) is 3.47. The maximum Gasteiger partial charge on any atom is 0.204 e. The number of hydrogen-bond donors (Lipinski definition) is 1. The summed E-state index contributed by atoms with van der Waals surface area (Å²) in [5.41, 5.74) is 3.82. The van der Waals surface area contributed by atoms with E-state index in [1.54, 1.807) is 7.11 Å². The fourth-order valence-corrected chi connectivity index (χ4v) is 3.29. The lowest BCUT2D eigenvalue weighted by atomic mass is 10.1. The molecule has 0 radical (unpaired) electrons. The van der Waals surface area contributed by atoms with Gasteiger partial charge < -0.3 is 23.5 Å². The number of tetrazole rings is 1. The standard InChI is InChI=1S/C22H31N5O5/c1-16-11-18(22-23-26-27-24-22)12-17(2)21(16)31-8-6-4-5-7-20-13-19(25-32-20)14-30-15-29-10-9-28-3/h11-13H,4-10,14-15H2,1-3H3,(H,23,24,26,27). The number of aryl methyl sites for hydroxylation is 3. The highest BCUT2D eigenvalue weighted by Gasteiger charge is 2.10. The molecule has 0 saturated carbocycles. The summed E-state index contributed by atoms with van der Waals surface area (Å²) in [6, 6.07) is 5.97. The normalized spacial score (nSPS) is 11.2. The zero-order chi connectivity index (χ0) is 22.6. The van der Waals surface area contributed by atoms with Crippen molar-refractivity contribution in [2.45, 2.75) is 46.1 Å². The number of hydrogen-bond acceptors (Lipinski definition) is 9. The molecule has 1 aromatic carbocycles. The second-order valence-corrected chi connectivity index (χ2v) is 7.49. The molecule has 10 heteroatoms. The molecule has 0 fully saturated rings. The summed E-state index contributed by atoms with van der Waals surface area (Å²) >= 11 is 0. The van der Waals surface area contributed by atoms with Crippen LogP contribution in [0.2, 0.25) is 0 Å². The lowest BCUT2D eigenvalue weighted by molar-refractivity contribution is -0.0736. The number of ether oxygens (including phenoxy) is 4. The van der Waals surface area contributed by atoms with E-state index in [9.17, 15) is 0 Å². The molecule has 2 heterocycles. The van der Waals surface area contributed by atoms with Crippen molar-refractivity contribution < 1.29 is 23.5 Å². The fourth-order valence-electron chi connectivity index (χ4n) is 3.29. The van der Waals surface area contributed by atoms with Crippen molar-refractivity contribution in [2.75, 3.05) is 33.7 Å². The molecule has 0 spiro atoms. The van der Waals surface area contributed by atoms with Crippen LogP contribution in [-0.2, 0) is 27.2 Å². The zero-order valence-corrected chi connectivity index (χ0v) is 18.9. The molecule has 2 aromatic heterocycles. The van der Waals surface area contributed by atoms with Gasteiger partial charge in [0.1, 0.15) is 24.0 Å². The summed E-state index contributed by atoms with van der Waals surface area (Å²) in [6.07, 6.45) is 3.86. The Bertz CT molecular complexity index is 906. The van der Waals surface area contributed by atoms with E-state index < -0.39 is 0 Å². The van der Waals surface area contributed by atoms with Gasteiger partial charge in [-0.1, -0.05) is 5.16 Å². The van der Waals surface area contributed by atoms with Crippen molar-refractivity contribution in [1.29, 1.82) is 0 Å². The van der Waals surface area contributed by atoms with E-state index >= 15 is 0 Å². The Balaban J connectivity index is 1.31. The molecule has 0 atom stereocenters. The Hall–Kier alpha value is -2.82. The van der Waals surface area contributed by atoms with E-state index in [0.29, 0.717) is 32.3 Å². The van der Waals surface area contributed by atoms with Gasteiger partial charge in [-0.2, -0.15) is 5.21 Å². The van der Waals surface area contributed by atoms with Crippen LogP contribution in [0.4, 0.5) is 0 Å². The van der Waals surface area contributed by atoms with Crippen LogP contribution in [0.1, 0.15) is 41.8 Å². The highest BCUT2D eigenvalue weighted by Crippen LogP contribution is 2.28. The number of aromatic amines is 1. The molecule has 174 valence electrons. The first-order valence-corrected chi connectivity index (χ1v) is 10.7. The van der Waals surface area contributed by atoms with Crippen LogP contribution < -0.4 is 4.74 Å². The van der Waals surface area contributed by atoms with Gasteiger partial charge in [-0.25, -0.2) is 0 Å². The molecule has 3 rings (SSSR count). The van der Waals surface area contributed by atoms with E-state index in [4.69, 9.17) is 23.5 Å². The summed E-state index contributed by atoms with van der Waals surface area (Å²) in [4.78, 5) is 0. The SMILES string of the molecule is COCCOCOCc1cc(CCCCCOc2c(C)cc(-c3nn[nH]n3)cc2C)on1. The number of nitrogens with zero attached hydrogens (tertiary/aromatic N) is 4. The molecule has 0 aliphatic rings. The third-order valence-electron chi connectivity index (χ3n) is 4.83. The fraction of sp³-hybridized carbons (Fsp3) is 0.545. The molecule has 0 amide bonds. The Morgan fingerprint density at radius 3 is 2.56 bits per heavy atom. The summed E-state index contributed by atoms with van der Waals surface area (Å²) in [6.45, 7) is 6.37. The molecule has 10 nitrogen and oxygen atoms in total. The van der Waals surface area contributed by atoms with Gasteiger partial charge in [0.05, 0.1) is 26.4 Å². The van der Waals surface area contributed by atoms with E-state index in [2.05, 4.69) is 25.8 Å². The van der Waals surface area contributed by atoms with Crippen LogP contribution in [0.15, 0.2) is 22.7 Å². The molecule has 0 unspecified atom stereocenters. The lowest BCUT2D eigenvalue weighted by Crippen LogP contribution is -2.05. The van der Waals surface area contributed by atoms with Crippen molar-refractivity contribution in [3.63, 3.8) is 0 Å². The first-order chi connectivity index (χ1) is 15.7. The molecule has 1 N–H and O–H groups in total. The number of rotatable bonds is 15. The Morgan fingerprint density at radius 1 is 0.969 bits per heavy atom. The minimum atomic E-state index is 0.213. The minimum absolute atomic E-state index is 0.213. The highest BCUT2D eigenvalue weighted by atomic mass is 16.7. The largest absolute Gasteiger partial charge is 0.493 e. The van der Waals surface area contributed by atoms with Crippen molar-refractivity contribution in [1.82, 2.24) is 25.8 Å². The molecule has 0 aliphatic carbocycles. The van der Waals surface area contributed by atoms with Crippen LogP contribution in [0.5, 0.6) is 5.75 Å². The van der Waals surface area contributed by atoms with Crippen molar-refractivity contribution in [2.24, 2.45) is 0 Å². The van der Waals surface area contributed by atoms with Gasteiger partial charge in [-0.3, -0.25) is 0 Å². The minimum Gasteiger partial charge on any atom is -0.493 e. The Kier molecular flexibility index (Phi) is 9.60. The zero-order valence-electron chi connectivity index (χ0n) is 18.9. The molecular formula is C22H31N5O5. The van der Waals surface area contributed by atoms with Gasteiger partial charge in [0.2, 0.25) is 5.82 Å². The summed E-state index contributed by atoms with van der Waals surface area (Å²) in [7, 11) is 1.63. The summed E-state index contributed by atoms with van der Waals surface area (Å²) < 4.78 is 27.0. The first kappa shape index (κ1) is 23.8. The number of H-pyrrole nitrogens is 1. The van der Waals surface area contributed by atoms with E-state index in [1.807, 2.05) is 32.0 Å². The van der Waals surface area contributed by atoms with E-state index in [0.717, 1.165) is 59.6 Å². The number of unbranched alkanes of at least 4 members (excludes halogenated alkanes) is 2. The van der Waals surface area contributed by atoms with Crippen LogP contribution in [-0.4, -0.2) is 59.5 Å². The molecule has 32 heavy (non-hydrogen) atoms. The Morgan fingerprint density at radius 2 is 1.81 bits per heavy atom. The van der Waals surface area contributed by atoms with Gasteiger partial charge in [-0.05, 0) is 61.6 Å². The van der Waals surface area contributed by atoms with Gasteiger partial charge in [0.15, 0.2) is 0 Å². The highest BCUT2D eigenvalue weighted by molar-refractivity contribution is 5.60. The summed E-state index contributed by atoms with van der Waals surface area (Å²) in [5.74, 6) is 2.37. The smallest absolute Gasteiger partial charge is 0.204 e. The van der Waals surface area contributed by atoms with Crippen molar-refractivity contribution >= 4 is 0 Å². The number of aromatic nitrogens is 5. The molecular weight excluding hydrogens is 414 g/mol. The maximum absolute atomic E-state index is 6.04. The van der Waals surface area contributed by atoms with Crippen LogP contribution in [0.3, 0.4) is 0 Å². The third-order valence-corrected chi connectivity index (χ3v) is 4.83. The average molecular weight is 446 g/mol. The van der Waals surface area contributed by atoms with Crippen molar-refractivity contribution in [3.05, 3.63) is 40.8 Å². The van der Waals surface area contributed by atoms with Crippen LogP contribution >= 0.6 is 0 Å². The maximum atomic E-state index is 6.04. The summed E-state index contributed by atoms with van der Waals surface area (Å²) in [5, 5.41) is 18.2. The van der Waals surface area contributed by atoms with E-state index in [1.165, 1.54) is 0 Å².